The van der Waals surface area contributed by atoms with Crippen LogP contribution in [0.1, 0.15) is 0 Å². The Morgan fingerprint density at radius 2 is 2.17 bits per heavy atom. The molecule has 0 radical (unpaired) electrons. The fourth-order valence-electron chi connectivity index (χ4n) is 1.20. The number of benzene rings is 1. The summed E-state index contributed by atoms with van der Waals surface area (Å²) in [5, 5.41) is 0.731. The summed E-state index contributed by atoms with van der Waals surface area (Å²) in [5.74, 6) is -0.352. The number of nitrogens with two attached hydrogens (primary N) is 1. The number of aromatic nitrogens is 1. The first-order valence-corrected chi connectivity index (χ1v) is 3.78. The van der Waals surface area contributed by atoms with Crippen LogP contribution in [0, 0.1) is 5.82 Å². The lowest BCUT2D eigenvalue weighted by molar-refractivity contribution is 0.639. The van der Waals surface area contributed by atoms with Gasteiger partial charge in [0.05, 0.1) is 15.9 Å². The van der Waals surface area contributed by atoms with E-state index in [1.54, 1.807) is 6.07 Å². The van der Waals surface area contributed by atoms with E-state index in [1.165, 1.54) is 12.3 Å². The number of aromatic amines is 1. The first-order chi connectivity index (χ1) is 5.68. The molecule has 1 aromatic heterocycles. The monoisotopic (exact) mass is 184 g/mol. The summed E-state index contributed by atoms with van der Waals surface area (Å²) in [7, 11) is 0. The Morgan fingerprint density at radius 1 is 1.42 bits per heavy atom. The van der Waals surface area contributed by atoms with Crippen molar-refractivity contribution in [2.24, 2.45) is 0 Å². The van der Waals surface area contributed by atoms with Gasteiger partial charge in [-0.1, -0.05) is 11.6 Å². The molecule has 0 bridgehead atoms. The molecule has 4 heteroatoms. The van der Waals surface area contributed by atoms with Crippen LogP contribution in [0.5, 0.6) is 0 Å². The number of halogens is 2. The predicted octanol–water partition coefficient (Wildman–Crippen LogP) is 2.54. The third-order valence-electron chi connectivity index (χ3n) is 1.71. The molecule has 3 N–H and O–H groups in total. The maximum absolute atomic E-state index is 13.0. The lowest BCUT2D eigenvalue weighted by Crippen LogP contribution is -1.84. The third-order valence-corrected chi connectivity index (χ3v) is 2.00. The summed E-state index contributed by atoms with van der Waals surface area (Å²) in [5.41, 5.74) is 6.65. The highest BCUT2D eigenvalue weighted by atomic mass is 35.5. The second kappa shape index (κ2) is 2.38. The van der Waals surface area contributed by atoms with Gasteiger partial charge >= 0.3 is 0 Å². The van der Waals surface area contributed by atoms with E-state index in [4.69, 9.17) is 17.3 Å². The Kier molecular flexibility index (Phi) is 1.48. The third kappa shape index (κ3) is 0.940. The second-order valence-electron chi connectivity index (χ2n) is 2.56. The van der Waals surface area contributed by atoms with Gasteiger partial charge in [-0.3, -0.25) is 0 Å². The molecule has 0 amide bonds. The van der Waals surface area contributed by atoms with Crippen LogP contribution in [-0.2, 0) is 0 Å². The first kappa shape index (κ1) is 7.43. The molecule has 1 heterocycles. The number of hydrogen-bond donors (Lipinski definition) is 2. The summed E-state index contributed by atoms with van der Waals surface area (Å²) in [6.07, 6.45) is 1.26. The summed E-state index contributed by atoms with van der Waals surface area (Å²) in [6, 6.07) is 3.17. The van der Waals surface area contributed by atoms with Crippen molar-refractivity contribution in [1.82, 2.24) is 4.98 Å². The van der Waals surface area contributed by atoms with Crippen LogP contribution in [0.3, 0.4) is 0 Å². The van der Waals surface area contributed by atoms with Crippen LogP contribution in [0.4, 0.5) is 10.1 Å². The standard InChI is InChI=1S/C8H6ClFN2/c9-5-1-4(11)2-7-8(5)6(10)3-12-7/h1-3,12H,11H2. The molecule has 2 aromatic rings. The predicted molar refractivity (Wildman–Crippen MR) is 47.7 cm³/mol. The number of nitrogen functional groups attached to an aromatic ring is 1. The van der Waals surface area contributed by atoms with Crippen LogP contribution in [-0.4, -0.2) is 4.98 Å². The zero-order chi connectivity index (χ0) is 8.72. The lowest BCUT2D eigenvalue weighted by atomic mass is 10.2. The van der Waals surface area contributed by atoms with Crippen LogP contribution < -0.4 is 5.73 Å². The van der Waals surface area contributed by atoms with Gasteiger partial charge in [-0.2, -0.15) is 0 Å². The number of hydrogen-bond acceptors (Lipinski definition) is 1. The van der Waals surface area contributed by atoms with Gasteiger partial charge in [-0.15, -0.1) is 0 Å². The highest BCUT2D eigenvalue weighted by Crippen LogP contribution is 2.27. The molecular formula is C8H6ClFN2. The first-order valence-electron chi connectivity index (χ1n) is 3.40. The molecule has 12 heavy (non-hydrogen) atoms. The fraction of sp³-hybridized carbons (Fsp3) is 0. The average Bonchev–Trinajstić information content (AvgIpc) is 2.31. The quantitative estimate of drug-likeness (QED) is 0.607. The molecule has 0 spiro atoms. The van der Waals surface area contributed by atoms with Gasteiger partial charge in [-0.25, -0.2) is 4.39 Å². The van der Waals surface area contributed by atoms with Gasteiger partial charge in [-0.05, 0) is 12.1 Å². The zero-order valence-corrected chi connectivity index (χ0v) is 6.82. The van der Waals surface area contributed by atoms with Crippen molar-refractivity contribution >= 4 is 28.2 Å². The van der Waals surface area contributed by atoms with Gasteiger partial charge in [0.2, 0.25) is 0 Å². The Morgan fingerprint density at radius 3 is 2.92 bits per heavy atom. The molecule has 0 unspecified atom stereocenters. The zero-order valence-electron chi connectivity index (χ0n) is 6.07. The van der Waals surface area contributed by atoms with Gasteiger partial charge in [0, 0.05) is 11.9 Å². The average molecular weight is 185 g/mol. The van der Waals surface area contributed by atoms with Crippen LogP contribution in [0.25, 0.3) is 10.9 Å². The maximum atomic E-state index is 13.0. The van der Waals surface area contributed by atoms with Crippen molar-refractivity contribution < 1.29 is 4.39 Å². The molecule has 0 aliphatic rings. The molecule has 2 rings (SSSR count). The van der Waals surface area contributed by atoms with Crippen molar-refractivity contribution in [2.45, 2.75) is 0 Å². The fourth-order valence-corrected chi connectivity index (χ4v) is 1.52. The Hall–Kier alpha value is -1.22. The number of fused-ring (bicyclic) bond motifs is 1. The largest absolute Gasteiger partial charge is 0.399 e. The maximum Gasteiger partial charge on any atom is 0.149 e. The van der Waals surface area contributed by atoms with Crippen LogP contribution in [0.2, 0.25) is 5.02 Å². The van der Waals surface area contributed by atoms with Crippen molar-refractivity contribution in [2.75, 3.05) is 5.73 Å². The van der Waals surface area contributed by atoms with Crippen LogP contribution >= 0.6 is 11.6 Å². The van der Waals surface area contributed by atoms with Crippen LogP contribution in [0.15, 0.2) is 18.3 Å². The highest BCUT2D eigenvalue weighted by Gasteiger charge is 2.07. The van der Waals surface area contributed by atoms with E-state index in [0.717, 1.165) is 0 Å². The van der Waals surface area contributed by atoms with Gasteiger partial charge < -0.3 is 10.7 Å². The highest BCUT2D eigenvalue weighted by molar-refractivity contribution is 6.35. The van der Waals surface area contributed by atoms with E-state index in [2.05, 4.69) is 4.98 Å². The minimum atomic E-state index is -0.352. The number of nitrogens with one attached hydrogen (secondary N) is 1. The summed E-state index contributed by atoms with van der Waals surface area (Å²) >= 11 is 5.77. The smallest absolute Gasteiger partial charge is 0.149 e. The number of H-pyrrole nitrogens is 1. The normalized spacial score (nSPS) is 10.8. The summed E-state index contributed by atoms with van der Waals surface area (Å²) < 4.78 is 13.0. The Balaban J connectivity index is 2.93. The van der Waals surface area contributed by atoms with E-state index in [9.17, 15) is 4.39 Å². The molecule has 0 saturated carbocycles. The summed E-state index contributed by atoms with van der Waals surface area (Å²) in [6.45, 7) is 0. The molecule has 0 saturated heterocycles. The SMILES string of the molecule is Nc1cc(Cl)c2c(F)c[nH]c2c1. The van der Waals surface area contributed by atoms with Crippen molar-refractivity contribution in [3.63, 3.8) is 0 Å². The second-order valence-corrected chi connectivity index (χ2v) is 2.97. The topological polar surface area (TPSA) is 41.8 Å². The van der Waals surface area contributed by atoms with E-state index in [0.29, 0.717) is 21.6 Å². The molecule has 0 atom stereocenters. The molecule has 62 valence electrons. The lowest BCUT2D eigenvalue weighted by Gasteiger charge is -1.96. The van der Waals surface area contributed by atoms with Gasteiger partial charge in [0.25, 0.3) is 0 Å². The molecule has 0 aliphatic heterocycles. The van der Waals surface area contributed by atoms with Gasteiger partial charge in [0.15, 0.2) is 0 Å². The molecular weight excluding hydrogens is 179 g/mol. The van der Waals surface area contributed by atoms with E-state index >= 15 is 0 Å². The molecule has 0 aliphatic carbocycles. The van der Waals surface area contributed by atoms with Gasteiger partial charge in [0.1, 0.15) is 5.82 Å². The Labute approximate surface area is 73.1 Å². The van der Waals surface area contributed by atoms with E-state index in [1.807, 2.05) is 0 Å². The van der Waals surface area contributed by atoms with Crippen molar-refractivity contribution in [1.29, 1.82) is 0 Å². The summed E-state index contributed by atoms with van der Waals surface area (Å²) in [4.78, 5) is 2.73. The van der Waals surface area contributed by atoms with Crippen molar-refractivity contribution in [3.05, 3.63) is 29.2 Å². The molecule has 2 nitrogen and oxygen atoms in total. The van der Waals surface area contributed by atoms with E-state index in [-0.39, 0.29) is 5.82 Å². The minimum Gasteiger partial charge on any atom is -0.399 e. The number of anilines is 1. The molecule has 1 aromatic carbocycles. The van der Waals surface area contributed by atoms with Crippen molar-refractivity contribution in [3.8, 4) is 0 Å². The Bertz CT molecular complexity index is 436. The minimum absolute atomic E-state index is 0.337. The number of rotatable bonds is 0. The van der Waals surface area contributed by atoms with E-state index < -0.39 is 0 Å². The molecule has 0 fully saturated rings.